The van der Waals surface area contributed by atoms with E-state index < -0.39 is 11.9 Å². The van der Waals surface area contributed by atoms with Crippen LogP contribution in [0.4, 0.5) is 0 Å². The molecule has 1 aliphatic rings. The Balaban J connectivity index is 0.00000134. The minimum atomic E-state index is -1.08. The molecule has 1 aliphatic carbocycles. The summed E-state index contributed by atoms with van der Waals surface area (Å²) in [6, 6.07) is 11.9. The van der Waals surface area contributed by atoms with E-state index in [1.165, 1.54) is 11.1 Å². The molecular weight excluding hydrogens is 531 g/mol. The average Bonchev–Trinajstić information content (AvgIpc) is 3.24. The van der Waals surface area contributed by atoms with Gasteiger partial charge in [0.25, 0.3) is 0 Å². The number of carbonyl (C=O) groups excluding carboxylic acids is 2. The number of aromatic hydroxyl groups is 2. The number of hydrogen-bond acceptors (Lipinski definition) is 8. The second kappa shape index (κ2) is 17.4. The molecule has 2 N–H and O–H groups in total. The first kappa shape index (κ1) is 34.8. The first-order valence-electron chi connectivity index (χ1n) is 12.4. The van der Waals surface area contributed by atoms with Crippen LogP contribution in [0, 0.1) is 0 Å². The van der Waals surface area contributed by atoms with Crippen molar-refractivity contribution in [2.45, 2.75) is 84.7 Å². The van der Waals surface area contributed by atoms with Crippen LogP contribution in [0.15, 0.2) is 46.4 Å². The van der Waals surface area contributed by atoms with Gasteiger partial charge in [-0.05, 0) is 80.3 Å². The van der Waals surface area contributed by atoms with Crippen molar-refractivity contribution in [1.82, 2.24) is 0 Å². The molecule has 1 radical (unpaired) electrons. The Labute approximate surface area is 235 Å². The summed E-state index contributed by atoms with van der Waals surface area (Å²) in [4.78, 5) is 27.2. The van der Waals surface area contributed by atoms with Crippen LogP contribution in [-0.2, 0) is 26.4 Å². The van der Waals surface area contributed by atoms with E-state index in [0.29, 0.717) is 11.8 Å². The van der Waals surface area contributed by atoms with Crippen molar-refractivity contribution < 1.29 is 46.8 Å². The van der Waals surface area contributed by atoms with Crippen LogP contribution in [0.1, 0.15) is 94.9 Å². The summed E-state index contributed by atoms with van der Waals surface area (Å²) in [6.45, 7) is 10.5. The van der Waals surface area contributed by atoms with E-state index in [2.05, 4.69) is 27.7 Å². The van der Waals surface area contributed by atoms with Crippen molar-refractivity contribution in [3.05, 3.63) is 58.7 Å². The smallest absolute Gasteiger partial charge is 0.550 e. The predicted molar refractivity (Wildman–Crippen MR) is 142 cm³/mol. The van der Waals surface area contributed by atoms with E-state index in [1.54, 1.807) is 24.6 Å². The number of carbonyl (C=O) groups is 2. The molecule has 1 saturated carbocycles. The SMILES string of the molecule is CC(=O)[O-].CC(=O)[O-].CC(C)c1ccc(O)c(C=NC2CCC(N=Cc3cc(C(C)C)ccc3O)C2)c1.[Co+2]. The van der Waals surface area contributed by atoms with Gasteiger partial charge >= 0.3 is 16.8 Å². The first-order valence-corrected chi connectivity index (χ1v) is 12.4. The largest absolute Gasteiger partial charge is 2.00 e. The number of benzene rings is 2. The third-order valence-electron chi connectivity index (χ3n) is 5.66. The molecule has 3 rings (SSSR count). The summed E-state index contributed by atoms with van der Waals surface area (Å²) >= 11 is 0. The van der Waals surface area contributed by atoms with E-state index in [9.17, 15) is 10.2 Å². The van der Waals surface area contributed by atoms with Crippen LogP contribution in [0.5, 0.6) is 11.5 Å². The van der Waals surface area contributed by atoms with Gasteiger partial charge in [0.2, 0.25) is 0 Å². The number of phenolic OH excluding ortho intramolecular Hbond substituents is 2. The summed E-state index contributed by atoms with van der Waals surface area (Å²) in [5, 5.41) is 38.0. The molecule has 38 heavy (non-hydrogen) atoms. The Morgan fingerprint density at radius 2 is 1.11 bits per heavy atom. The maximum Gasteiger partial charge on any atom is 2.00 e. The maximum absolute atomic E-state index is 10.1. The van der Waals surface area contributed by atoms with E-state index in [1.807, 2.05) is 24.3 Å². The quantitative estimate of drug-likeness (QED) is 0.511. The summed E-state index contributed by atoms with van der Waals surface area (Å²) in [5.74, 6) is -0.797. The Bertz CT molecular complexity index is 1000. The minimum Gasteiger partial charge on any atom is -0.550 e. The molecule has 0 amide bonds. The summed E-state index contributed by atoms with van der Waals surface area (Å²) in [7, 11) is 0. The van der Waals surface area contributed by atoms with E-state index in [-0.39, 0.29) is 40.4 Å². The fourth-order valence-electron chi connectivity index (χ4n) is 3.65. The summed E-state index contributed by atoms with van der Waals surface area (Å²) < 4.78 is 0. The number of carboxylic acid groups (broad SMARTS) is 2. The van der Waals surface area contributed by atoms with Crippen molar-refractivity contribution in [2.24, 2.45) is 9.98 Å². The standard InChI is InChI=1S/C25H32N2O2.2C2H4O2.Co/c1-16(2)18-5-9-24(28)20(11-18)14-26-22-7-8-23(13-22)27-15-21-12-19(17(3)4)6-10-25(21)29;2*1-2(3)4;/h5-6,9-12,14-17,22-23,28-29H,7-8,13H2,1-4H3;2*1H3,(H,3,4);/q;;;+2/p-2. The number of carboxylic acids is 2. The molecule has 9 heteroatoms. The number of aliphatic carboxylic acids is 2. The van der Waals surface area contributed by atoms with Gasteiger partial charge < -0.3 is 30.0 Å². The summed E-state index contributed by atoms with van der Waals surface area (Å²) in [5.41, 5.74) is 3.94. The van der Waals surface area contributed by atoms with Crippen LogP contribution in [-0.4, -0.2) is 46.7 Å². The molecule has 2 aromatic carbocycles. The number of nitrogens with zero attached hydrogens (tertiary/aromatic N) is 2. The molecule has 0 saturated heterocycles. The predicted octanol–water partition coefficient (Wildman–Crippen LogP) is 3.31. The van der Waals surface area contributed by atoms with E-state index in [4.69, 9.17) is 29.8 Å². The molecule has 0 spiro atoms. The molecule has 2 unspecified atom stereocenters. The molecule has 2 atom stereocenters. The Kier molecular flexibility index (Phi) is 15.9. The topological polar surface area (TPSA) is 145 Å². The number of phenols is 2. The molecule has 0 bridgehead atoms. The van der Waals surface area contributed by atoms with E-state index >= 15 is 0 Å². The number of rotatable bonds is 6. The number of aliphatic imine (C=N–C) groups is 2. The Hall–Kier alpha value is -3.17. The Morgan fingerprint density at radius 1 is 0.789 bits per heavy atom. The average molecular weight is 570 g/mol. The van der Waals surface area contributed by atoms with Crippen molar-refractivity contribution in [3.8, 4) is 11.5 Å². The zero-order chi connectivity index (χ0) is 28.1. The molecule has 2 aromatic rings. The van der Waals surface area contributed by atoms with Crippen molar-refractivity contribution in [2.75, 3.05) is 0 Å². The Morgan fingerprint density at radius 3 is 1.39 bits per heavy atom. The van der Waals surface area contributed by atoms with Crippen LogP contribution >= 0.6 is 0 Å². The van der Waals surface area contributed by atoms with Gasteiger partial charge in [0.05, 0.1) is 12.1 Å². The molecule has 0 heterocycles. The third kappa shape index (κ3) is 13.4. The van der Waals surface area contributed by atoms with Gasteiger partial charge in [0.15, 0.2) is 0 Å². The van der Waals surface area contributed by atoms with Gasteiger partial charge in [0, 0.05) is 35.5 Å². The fraction of sp³-hybridized carbons (Fsp3) is 0.448. The molecule has 1 fully saturated rings. The molecule has 209 valence electrons. The van der Waals surface area contributed by atoms with Gasteiger partial charge in [-0.25, -0.2) is 0 Å². The van der Waals surface area contributed by atoms with Gasteiger partial charge in [-0.3, -0.25) is 9.98 Å². The van der Waals surface area contributed by atoms with Crippen LogP contribution in [0.2, 0.25) is 0 Å². The summed E-state index contributed by atoms with van der Waals surface area (Å²) in [6.07, 6.45) is 6.47. The van der Waals surface area contributed by atoms with Crippen molar-refractivity contribution in [1.29, 1.82) is 0 Å². The molecule has 0 aliphatic heterocycles. The monoisotopic (exact) mass is 569 g/mol. The zero-order valence-electron chi connectivity index (χ0n) is 22.8. The molecular formula is C29H38CoN2O6. The third-order valence-corrected chi connectivity index (χ3v) is 5.66. The van der Waals surface area contributed by atoms with Crippen molar-refractivity contribution in [3.63, 3.8) is 0 Å². The fourth-order valence-corrected chi connectivity index (χ4v) is 3.65. The number of hydrogen-bond donors (Lipinski definition) is 2. The van der Waals surface area contributed by atoms with Crippen LogP contribution in [0.25, 0.3) is 0 Å². The van der Waals surface area contributed by atoms with Gasteiger partial charge in [-0.2, -0.15) is 0 Å². The first-order chi connectivity index (χ1) is 17.3. The maximum atomic E-state index is 10.1. The van der Waals surface area contributed by atoms with Gasteiger partial charge in [-0.1, -0.05) is 39.8 Å². The normalized spacial score (nSPS) is 16.5. The van der Waals surface area contributed by atoms with Crippen LogP contribution < -0.4 is 10.2 Å². The zero-order valence-corrected chi connectivity index (χ0v) is 23.8. The second-order valence-electron chi connectivity index (χ2n) is 9.61. The molecule has 8 nitrogen and oxygen atoms in total. The van der Waals surface area contributed by atoms with Crippen molar-refractivity contribution >= 4 is 24.4 Å². The minimum absolute atomic E-state index is 0. The van der Waals surface area contributed by atoms with Gasteiger partial charge in [-0.15, -0.1) is 0 Å². The molecule has 0 aromatic heterocycles. The second-order valence-corrected chi connectivity index (χ2v) is 9.61. The van der Waals surface area contributed by atoms with Gasteiger partial charge in [0.1, 0.15) is 11.5 Å². The van der Waals surface area contributed by atoms with Crippen LogP contribution in [0.3, 0.4) is 0 Å². The van der Waals surface area contributed by atoms with E-state index in [0.717, 1.165) is 44.2 Å².